The van der Waals surface area contributed by atoms with Crippen LogP contribution in [0.4, 0.5) is 0 Å². The molecule has 0 aromatic carbocycles. The van der Waals surface area contributed by atoms with Crippen LogP contribution in [0, 0.1) is 0 Å². The molecule has 1 aliphatic heterocycles. The predicted octanol–water partition coefficient (Wildman–Crippen LogP) is 2.56. The van der Waals surface area contributed by atoms with Crippen LogP contribution >= 0.6 is 35.7 Å². The number of thioether (sulfide) groups is 1. The molecule has 0 aromatic heterocycles. The number of aliphatic imine (C=N–C) groups is 1. The molecule has 1 fully saturated rings. The summed E-state index contributed by atoms with van der Waals surface area (Å²) in [5.41, 5.74) is 6.09. The Balaban J connectivity index is 0.00000324. The van der Waals surface area contributed by atoms with Crippen molar-refractivity contribution in [2.75, 3.05) is 32.5 Å². The minimum absolute atomic E-state index is 0. The van der Waals surface area contributed by atoms with Gasteiger partial charge in [-0.2, -0.15) is 11.8 Å². The third-order valence-corrected chi connectivity index (χ3v) is 5.39. The van der Waals surface area contributed by atoms with Crippen molar-refractivity contribution in [1.82, 2.24) is 4.90 Å². The molecule has 114 valence electrons. The van der Waals surface area contributed by atoms with Gasteiger partial charge in [0.2, 0.25) is 0 Å². The van der Waals surface area contributed by atoms with Gasteiger partial charge in [0.05, 0.1) is 19.3 Å². The van der Waals surface area contributed by atoms with Crippen molar-refractivity contribution < 1.29 is 4.74 Å². The van der Waals surface area contributed by atoms with Gasteiger partial charge in [0.15, 0.2) is 5.96 Å². The van der Waals surface area contributed by atoms with Crippen LogP contribution in [-0.2, 0) is 4.74 Å². The first-order valence-corrected chi connectivity index (χ1v) is 8.01. The van der Waals surface area contributed by atoms with Gasteiger partial charge in [-0.3, -0.25) is 4.99 Å². The summed E-state index contributed by atoms with van der Waals surface area (Å²) < 4.78 is 5.75. The number of nitrogens with two attached hydrogens (primary N) is 1. The molecule has 4 nitrogen and oxygen atoms in total. The van der Waals surface area contributed by atoms with E-state index in [0.717, 1.165) is 39.1 Å². The molecule has 1 saturated heterocycles. The molecule has 0 radical (unpaired) electrons. The fourth-order valence-electron chi connectivity index (χ4n) is 2.18. The Kier molecular flexibility index (Phi) is 9.43. The van der Waals surface area contributed by atoms with Gasteiger partial charge in [-0.1, -0.05) is 13.8 Å². The van der Waals surface area contributed by atoms with Crippen LogP contribution < -0.4 is 5.73 Å². The zero-order chi connectivity index (χ0) is 13.6. The Morgan fingerprint density at radius 3 is 2.58 bits per heavy atom. The second-order valence-electron chi connectivity index (χ2n) is 4.90. The van der Waals surface area contributed by atoms with Crippen LogP contribution in [-0.4, -0.2) is 54.2 Å². The number of nitrogens with zero attached hydrogens (tertiary/aromatic N) is 2. The molecule has 1 unspecified atom stereocenters. The lowest BCUT2D eigenvalue weighted by atomic mass is 10.0. The van der Waals surface area contributed by atoms with E-state index < -0.39 is 0 Å². The van der Waals surface area contributed by atoms with E-state index in [2.05, 4.69) is 36.9 Å². The van der Waals surface area contributed by atoms with Gasteiger partial charge in [-0.25, -0.2) is 0 Å². The second-order valence-corrected chi connectivity index (χ2v) is 6.17. The van der Waals surface area contributed by atoms with Crippen molar-refractivity contribution >= 4 is 41.7 Å². The van der Waals surface area contributed by atoms with E-state index in [9.17, 15) is 0 Å². The van der Waals surface area contributed by atoms with Crippen LogP contribution in [0.5, 0.6) is 0 Å². The molecule has 1 heterocycles. The monoisotopic (exact) mass is 401 g/mol. The van der Waals surface area contributed by atoms with Crippen molar-refractivity contribution in [2.24, 2.45) is 10.7 Å². The average molecular weight is 401 g/mol. The highest BCUT2D eigenvalue weighted by Crippen LogP contribution is 2.30. The highest BCUT2D eigenvalue weighted by Gasteiger charge is 2.25. The Hall–Kier alpha value is 0.310. The lowest BCUT2D eigenvalue weighted by Gasteiger charge is -2.33. The summed E-state index contributed by atoms with van der Waals surface area (Å²) in [6.45, 7) is 9.77. The first kappa shape index (κ1) is 19.3. The van der Waals surface area contributed by atoms with Crippen molar-refractivity contribution in [3.63, 3.8) is 0 Å². The summed E-state index contributed by atoms with van der Waals surface area (Å²) >= 11 is 1.90. The van der Waals surface area contributed by atoms with Crippen LogP contribution in [0.25, 0.3) is 0 Å². The molecule has 0 spiro atoms. The lowest BCUT2D eigenvalue weighted by Crippen LogP contribution is -2.48. The largest absolute Gasteiger partial charge is 0.375 e. The molecule has 1 atom stereocenters. The predicted molar refractivity (Wildman–Crippen MR) is 95.7 cm³/mol. The summed E-state index contributed by atoms with van der Waals surface area (Å²) in [6, 6.07) is 0. The van der Waals surface area contributed by atoms with Crippen molar-refractivity contribution in [3.8, 4) is 0 Å². The summed E-state index contributed by atoms with van der Waals surface area (Å²) in [5.74, 6) is 0.672. The zero-order valence-electron chi connectivity index (χ0n) is 12.5. The van der Waals surface area contributed by atoms with Crippen LogP contribution in [0.15, 0.2) is 4.99 Å². The van der Waals surface area contributed by atoms with Crippen LogP contribution in [0.2, 0.25) is 0 Å². The molecule has 1 rings (SSSR count). The Morgan fingerprint density at radius 1 is 1.47 bits per heavy atom. The summed E-state index contributed by atoms with van der Waals surface area (Å²) in [6.07, 6.45) is 4.66. The standard InChI is InChI=1S/C13H27N3OS.HI/c1-5-13(6-2,18-4)10-15-12(14)16-7-8-17-11(3)9-16;/h11H,5-10H2,1-4H3,(H2,14,15);1H. The maximum Gasteiger partial charge on any atom is 0.191 e. The molecule has 6 heteroatoms. The highest BCUT2D eigenvalue weighted by molar-refractivity contribution is 14.0. The van der Waals surface area contributed by atoms with Crippen molar-refractivity contribution in [1.29, 1.82) is 0 Å². The van der Waals surface area contributed by atoms with E-state index in [4.69, 9.17) is 10.5 Å². The number of hydrogen-bond donors (Lipinski definition) is 1. The van der Waals surface area contributed by atoms with Crippen molar-refractivity contribution in [3.05, 3.63) is 0 Å². The van der Waals surface area contributed by atoms with Gasteiger partial charge in [-0.05, 0) is 26.0 Å². The number of guanidine groups is 1. The quantitative estimate of drug-likeness (QED) is 0.437. The molecular formula is C13H28IN3OS. The summed E-state index contributed by atoms with van der Waals surface area (Å²) in [7, 11) is 0. The van der Waals surface area contributed by atoms with Crippen molar-refractivity contribution in [2.45, 2.75) is 44.5 Å². The average Bonchev–Trinajstić information content (AvgIpc) is 2.40. The maximum absolute atomic E-state index is 6.09. The van der Waals surface area contributed by atoms with Gasteiger partial charge >= 0.3 is 0 Å². The summed E-state index contributed by atoms with van der Waals surface area (Å²) in [4.78, 5) is 6.74. The third-order valence-electron chi connectivity index (χ3n) is 3.82. The highest BCUT2D eigenvalue weighted by atomic mass is 127. The fraction of sp³-hybridized carbons (Fsp3) is 0.923. The fourth-order valence-corrected chi connectivity index (χ4v) is 2.95. The van der Waals surface area contributed by atoms with Crippen LogP contribution in [0.3, 0.4) is 0 Å². The van der Waals surface area contributed by atoms with E-state index in [1.54, 1.807) is 0 Å². The SMILES string of the molecule is CCC(CC)(CN=C(N)N1CCOC(C)C1)SC.I. The maximum atomic E-state index is 6.09. The zero-order valence-corrected chi connectivity index (χ0v) is 15.7. The second kappa shape index (κ2) is 9.28. The van der Waals surface area contributed by atoms with E-state index >= 15 is 0 Å². The van der Waals surface area contributed by atoms with Gasteiger partial charge in [0.25, 0.3) is 0 Å². The molecule has 0 aromatic rings. The van der Waals surface area contributed by atoms with Gasteiger partial charge in [-0.15, -0.1) is 24.0 Å². The number of hydrogen-bond acceptors (Lipinski definition) is 3. The first-order chi connectivity index (χ1) is 8.56. The van der Waals surface area contributed by atoms with Crippen LogP contribution in [0.1, 0.15) is 33.6 Å². The topological polar surface area (TPSA) is 50.8 Å². The third kappa shape index (κ3) is 5.67. The number of ether oxygens (including phenoxy) is 1. The number of rotatable bonds is 5. The first-order valence-electron chi connectivity index (χ1n) is 6.78. The van der Waals surface area contributed by atoms with Gasteiger partial charge < -0.3 is 15.4 Å². The minimum atomic E-state index is 0. The minimum Gasteiger partial charge on any atom is -0.375 e. The molecule has 19 heavy (non-hydrogen) atoms. The molecule has 1 aliphatic rings. The Morgan fingerprint density at radius 2 is 2.11 bits per heavy atom. The Bertz CT molecular complexity index is 277. The van der Waals surface area contributed by atoms with E-state index in [1.807, 2.05) is 11.8 Å². The molecular weight excluding hydrogens is 373 g/mol. The molecule has 0 amide bonds. The lowest BCUT2D eigenvalue weighted by molar-refractivity contribution is 0.00528. The van der Waals surface area contributed by atoms with Gasteiger partial charge in [0.1, 0.15) is 0 Å². The van der Waals surface area contributed by atoms with E-state index in [-0.39, 0.29) is 34.8 Å². The number of halogens is 1. The molecule has 0 saturated carbocycles. The normalized spacial score (nSPS) is 21.2. The molecule has 0 aliphatic carbocycles. The summed E-state index contributed by atoms with van der Waals surface area (Å²) in [5, 5.41) is 0. The van der Waals surface area contributed by atoms with E-state index in [1.165, 1.54) is 0 Å². The van der Waals surface area contributed by atoms with E-state index in [0.29, 0.717) is 5.96 Å². The smallest absolute Gasteiger partial charge is 0.191 e. The Labute approximate surface area is 138 Å². The molecule has 2 N–H and O–H groups in total. The number of morpholine rings is 1. The molecule has 0 bridgehead atoms. The van der Waals surface area contributed by atoms with Gasteiger partial charge in [0, 0.05) is 17.8 Å².